The lowest BCUT2D eigenvalue weighted by molar-refractivity contribution is -0.113. The van der Waals surface area contributed by atoms with Crippen LogP contribution in [-0.2, 0) is 11.3 Å². The molecule has 1 amide bonds. The van der Waals surface area contributed by atoms with Crippen molar-refractivity contribution in [3.8, 4) is 0 Å². The number of amides is 1. The Hall–Kier alpha value is -2.27. The highest BCUT2D eigenvalue weighted by atomic mass is 32.2. The van der Waals surface area contributed by atoms with Crippen LogP contribution in [0.1, 0.15) is 12.5 Å². The molecule has 1 N–H and O–H groups in total. The molecule has 0 radical (unpaired) electrons. The van der Waals surface area contributed by atoms with Crippen molar-refractivity contribution >= 4 is 34.4 Å². The maximum atomic E-state index is 12.1. The zero-order chi connectivity index (χ0) is 16.2. The summed E-state index contributed by atoms with van der Waals surface area (Å²) < 4.78 is 2.14. The van der Waals surface area contributed by atoms with E-state index in [1.807, 2.05) is 49.4 Å². The molecule has 1 heterocycles. The summed E-state index contributed by atoms with van der Waals surface area (Å²) >= 11 is 1.47. The van der Waals surface area contributed by atoms with Gasteiger partial charge in [0.2, 0.25) is 5.91 Å². The first kappa shape index (κ1) is 15.6. The number of aromatic nitrogens is 2. The number of anilines is 1. The van der Waals surface area contributed by atoms with Gasteiger partial charge in [0.05, 0.1) is 16.8 Å². The summed E-state index contributed by atoms with van der Waals surface area (Å²) in [7, 11) is 0. The second kappa shape index (κ2) is 6.87. The van der Waals surface area contributed by atoms with Crippen LogP contribution in [0.3, 0.4) is 0 Å². The smallest absolute Gasteiger partial charge is 0.234 e. The zero-order valence-electron chi connectivity index (χ0n) is 13.2. The number of benzene rings is 2. The Morgan fingerprint density at radius 3 is 2.65 bits per heavy atom. The molecule has 0 saturated carbocycles. The third kappa shape index (κ3) is 3.56. The molecule has 118 valence electrons. The van der Waals surface area contributed by atoms with Crippen LogP contribution in [0, 0.1) is 6.92 Å². The van der Waals surface area contributed by atoms with Crippen LogP contribution in [-0.4, -0.2) is 21.2 Å². The minimum atomic E-state index is -0.0198. The Bertz CT molecular complexity index is 824. The number of hydrogen-bond donors (Lipinski definition) is 1. The van der Waals surface area contributed by atoms with Gasteiger partial charge < -0.3 is 9.88 Å². The van der Waals surface area contributed by atoms with Crippen LogP contribution >= 0.6 is 11.8 Å². The maximum Gasteiger partial charge on any atom is 0.234 e. The SMILES string of the molecule is CCn1c(SCC(=O)Nc2ccc(C)cc2)nc2ccccc21. The third-order valence-electron chi connectivity index (χ3n) is 3.60. The number of imidazole rings is 1. The van der Waals surface area contributed by atoms with E-state index in [4.69, 9.17) is 0 Å². The van der Waals surface area contributed by atoms with Crippen LogP contribution < -0.4 is 5.32 Å². The lowest BCUT2D eigenvalue weighted by Crippen LogP contribution is -2.14. The van der Waals surface area contributed by atoms with Crippen molar-refractivity contribution in [3.63, 3.8) is 0 Å². The predicted molar refractivity (Wildman–Crippen MR) is 95.9 cm³/mol. The summed E-state index contributed by atoms with van der Waals surface area (Å²) in [5, 5.41) is 3.80. The van der Waals surface area contributed by atoms with Gasteiger partial charge in [0.15, 0.2) is 5.16 Å². The number of hydrogen-bond acceptors (Lipinski definition) is 3. The molecule has 0 atom stereocenters. The fraction of sp³-hybridized carbons (Fsp3) is 0.222. The molecule has 4 nitrogen and oxygen atoms in total. The van der Waals surface area contributed by atoms with Crippen LogP contribution in [0.5, 0.6) is 0 Å². The monoisotopic (exact) mass is 325 g/mol. The summed E-state index contributed by atoms with van der Waals surface area (Å²) in [5.41, 5.74) is 4.08. The predicted octanol–water partition coefficient (Wildman–Crippen LogP) is 4.10. The van der Waals surface area contributed by atoms with Crippen molar-refractivity contribution in [2.45, 2.75) is 25.5 Å². The highest BCUT2D eigenvalue weighted by molar-refractivity contribution is 7.99. The number of carbonyl (C=O) groups is 1. The molecular weight excluding hydrogens is 306 g/mol. The maximum absolute atomic E-state index is 12.1. The molecule has 2 aromatic carbocycles. The molecule has 0 saturated heterocycles. The van der Waals surface area contributed by atoms with Gasteiger partial charge in [0.25, 0.3) is 0 Å². The molecule has 0 aliphatic rings. The van der Waals surface area contributed by atoms with Crippen LogP contribution in [0.4, 0.5) is 5.69 Å². The Morgan fingerprint density at radius 2 is 1.91 bits per heavy atom. The average molecular weight is 325 g/mol. The minimum Gasteiger partial charge on any atom is -0.325 e. The van der Waals surface area contributed by atoms with Gasteiger partial charge in [-0.2, -0.15) is 0 Å². The van der Waals surface area contributed by atoms with E-state index in [2.05, 4.69) is 27.9 Å². The van der Waals surface area contributed by atoms with Crippen molar-refractivity contribution < 1.29 is 4.79 Å². The summed E-state index contributed by atoms with van der Waals surface area (Å²) in [5.74, 6) is 0.325. The normalized spacial score (nSPS) is 10.9. The number of aryl methyl sites for hydroxylation is 2. The fourth-order valence-corrected chi connectivity index (χ4v) is 3.31. The van der Waals surface area contributed by atoms with E-state index < -0.39 is 0 Å². The number of nitrogens with zero attached hydrogens (tertiary/aromatic N) is 2. The Labute approximate surface area is 139 Å². The first-order chi connectivity index (χ1) is 11.2. The third-order valence-corrected chi connectivity index (χ3v) is 4.58. The van der Waals surface area contributed by atoms with E-state index >= 15 is 0 Å². The van der Waals surface area contributed by atoms with Crippen molar-refractivity contribution in [2.24, 2.45) is 0 Å². The van der Waals surface area contributed by atoms with E-state index in [1.165, 1.54) is 17.3 Å². The fourth-order valence-electron chi connectivity index (χ4n) is 2.43. The van der Waals surface area contributed by atoms with Gasteiger partial charge in [-0.1, -0.05) is 41.6 Å². The molecule has 1 aromatic heterocycles. The highest BCUT2D eigenvalue weighted by Gasteiger charge is 2.11. The van der Waals surface area contributed by atoms with Gasteiger partial charge in [-0.3, -0.25) is 4.79 Å². The molecule has 5 heteroatoms. The first-order valence-corrected chi connectivity index (χ1v) is 8.60. The van der Waals surface area contributed by atoms with E-state index in [0.29, 0.717) is 5.75 Å². The average Bonchev–Trinajstić information content (AvgIpc) is 2.92. The Balaban J connectivity index is 1.68. The summed E-state index contributed by atoms with van der Waals surface area (Å²) in [6, 6.07) is 15.8. The van der Waals surface area contributed by atoms with Crippen molar-refractivity contribution in [1.82, 2.24) is 9.55 Å². The summed E-state index contributed by atoms with van der Waals surface area (Å²) in [6.07, 6.45) is 0. The van der Waals surface area contributed by atoms with Crippen molar-refractivity contribution in [1.29, 1.82) is 0 Å². The van der Waals surface area contributed by atoms with Crippen LogP contribution in [0.15, 0.2) is 53.7 Å². The van der Waals surface area contributed by atoms with Gasteiger partial charge in [-0.05, 0) is 38.1 Å². The Morgan fingerprint density at radius 1 is 1.17 bits per heavy atom. The van der Waals surface area contributed by atoms with Crippen LogP contribution in [0.25, 0.3) is 11.0 Å². The summed E-state index contributed by atoms with van der Waals surface area (Å²) in [4.78, 5) is 16.7. The highest BCUT2D eigenvalue weighted by Crippen LogP contribution is 2.24. The standard InChI is InChI=1S/C18H19N3OS/c1-3-21-16-7-5-4-6-15(16)20-18(21)23-12-17(22)19-14-10-8-13(2)9-11-14/h4-11H,3,12H2,1-2H3,(H,19,22). The van der Waals surface area contributed by atoms with E-state index in [0.717, 1.165) is 28.4 Å². The first-order valence-electron chi connectivity index (χ1n) is 7.62. The molecular formula is C18H19N3OS. The van der Waals surface area contributed by atoms with E-state index in [9.17, 15) is 4.79 Å². The Kier molecular flexibility index (Phi) is 4.67. The number of carbonyl (C=O) groups excluding carboxylic acids is 1. The minimum absolute atomic E-state index is 0.0198. The van der Waals surface area contributed by atoms with Crippen molar-refractivity contribution in [3.05, 3.63) is 54.1 Å². The van der Waals surface area contributed by atoms with Gasteiger partial charge >= 0.3 is 0 Å². The molecule has 0 fully saturated rings. The second-order valence-electron chi connectivity index (χ2n) is 5.33. The quantitative estimate of drug-likeness (QED) is 0.719. The number of fused-ring (bicyclic) bond motifs is 1. The topological polar surface area (TPSA) is 46.9 Å². The molecule has 0 spiro atoms. The zero-order valence-corrected chi connectivity index (χ0v) is 14.1. The van der Waals surface area contributed by atoms with Gasteiger partial charge in [-0.25, -0.2) is 4.98 Å². The number of para-hydroxylation sites is 2. The molecule has 3 rings (SSSR count). The number of rotatable bonds is 5. The molecule has 0 bridgehead atoms. The largest absolute Gasteiger partial charge is 0.325 e. The lowest BCUT2D eigenvalue weighted by Gasteiger charge is -2.07. The second-order valence-corrected chi connectivity index (χ2v) is 6.27. The van der Waals surface area contributed by atoms with Crippen LogP contribution in [0.2, 0.25) is 0 Å². The van der Waals surface area contributed by atoms with E-state index in [-0.39, 0.29) is 5.91 Å². The molecule has 3 aromatic rings. The number of nitrogens with one attached hydrogen (secondary N) is 1. The van der Waals surface area contributed by atoms with Crippen molar-refractivity contribution in [2.75, 3.05) is 11.1 Å². The number of thioether (sulfide) groups is 1. The molecule has 0 unspecified atom stereocenters. The molecule has 23 heavy (non-hydrogen) atoms. The van der Waals surface area contributed by atoms with Gasteiger partial charge in [0.1, 0.15) is 0 Å². The molecule has 0 aliphatic heterocycles. The van der Waals surface area contributed by atoms with Gasteiger partial charge in [0, 0.05) is 12.2 Å². The summed E-state index contributed by atoms with van der Waals surface area (Å²) in [6.45, 7) is 4.95. The lowest BCUT2D eigenvalue weighted by atomic mass is 10.2. The molecule has 0 aliphatic carbocycles. The van der Waals surface area contributed by atoms with E-state index in [1.54, 1.807) is 0 Å². The van der Waals surface area contributed by atoms with Gasteiger partial charge in [-0.15, -0.1) is 0 Å².